The predicted molar refractivity (Wildman–Crippen MR) is 94.7 cm³/mol. The van der Waals surface area contributed by atoms with Gasteiger partial charge >= 0.3 is 154 Å². The van der Waals surface area contributed by atoms with Crippen molar-refractivity contribution in [2.45, 2.75) is 31.0 Å². The van der Waals surface area contributed by atoms with Crippen molar-refractivity contribution in [2.24, 2.45) is 5.92 Å². The van der Waals surface area contributed by atoms with Crippen LogP contribution in [0.2, 0.25) is 9.34 Å². The van der Waals surface area contributed by atoms with E-state index in [4.69, 9.17) is 21.1 Å². The first kappa shape index (κ1) is 19.0. The quantitative estimate of drug-likeness (QED) is 0.421. The van der Waals surface area contributed by atoms with E-state index in [1.54, 1.807) is 19.1 Å². The zero-order valence-corrected chi connectivity index (χ0v) is 16.5. The molecule has 1 aromatic carbocycles. The van der Waals surface area contributed by atoms with E-state index in [0.717, 1.165) is 10.0 Å². The molecule has 0 fully saturated rings. The molecule has 0 spiro atoms. The number of carbonyl (C=O) groups excluding carboxylic acids is 2. The van der Waals surface area contributed by atoms with Crippen LogP contribution in [0, 0.1) is 5.92 Å². The monoisotopic (exact) mass is 416 g/mol. The SMILES string of the molecule is CCOC(=O)[C@H]1CC=C(C)C[C@]1([Se]c1ccc(Cl)cc1)C(=O)OC. The molecule has 4 nitrogen and oxygen atoms in total. The Hall–Kier alpha value is -1.29. The number of benzene rings is 1. The molecule has 130 valence electrons. The molecule has 0 heterocycles. The summed E-state index contributed by atoms with van der Waals surface area (Å²) in [5.41, 5.74) is 1.09. The second-order valence-electron chi connectivity index (χ2n) is 5.70. The van der Waals surface area contributed by atoms with Gasteiger partial charge in [0.15, 0.2) is 0 Å². The van der Waals surface area contributed by atoms with Crippen LogP contribution in [0.5, 0.6) is 0 Å². The maximum atomic E-state index is 12.8. The molecule has 0 aliphatic heterocycles. The van der Waals surface area contributed by atoms with E-state index in [9.17, 15) is 9.59 Å². The van der Waals surface area contributed by atoms with Gasteiger partial charge in [0, 0.05) is 0 Å². The molecule has 0 unspecified atom stereocenters. The Bertz CT molecular complexity index is 641. The molecule has 0 bridgehead atoms. The Morgan fingerprint density at radius 1 is 1.33 bits per heavy atom. The van der Waals surface area contributed by atoms with Gasteiger partial charge in [0.2, 0.25) is 0 Å². The van der Waals surface area contributed by atoms with Gasteiger partial charge in [-0.3, -0.25) is 0 Å². The molecule has 1 aromatic rings. The van der Waals surface area contributed by atoms with Crippen LogP contribution in [0.4, 0.5) is 0 Å². The van der Waals surface area contributed by atoms with E-state index in [2.05, 4.69) is 0 Å². The zero-order chi connectivity index (χ0) is 17.7. The summed E-state index contributed by atoms with van der Waals surface area (Å²) in [6.07, 6.45) is 3.02. The summed E-state index contributed by atoms with van der Waals surface area (Å²) in [6.45, 7) is 4.05. The third-order valence-corrected chi connectivity index (χ3v) is 7.35. The fraction of sp³-hybridized carbons (Fsp3) is 0.444. The number of hydrogen-bond donors (Lipinski definition) is 0. The average Bonchev–Trinajstić information content (AvgIpc) is 2.56. The first-order valence-electron chi connectivity index (χ1n) is 7.78. The Morgan fingerprint density at radius 3 is 2.58 bits per heavy atom. The number of ether oxygens (including phenoxy) is 2. The summed E-state index contributed by atoms with van der Waals surface area (Å²) < 4.78 is 10.5. The van der Waals surface area contributed by atoms with Gasteiger partial charge in [-0.25, -0.2) is 0 Å². The van der Waals surface area contributed by atoms with Crippen LogP contribution in [-0.4, -0.2) is 40.6 Å². The Morgan fingerprint density at radius 2 is 2.00 bits per heavy atom. The van der Waals surface area contributed by atoms with E-state index in [1.807, 2.05) is 25.1 Å². The van der Waals surface area contributed by atoms with Crippen molar-refractivity contribution in [3.05, 3.63) is 40.9 Å². The molecular formula is C18H21ClO4Se. The van der Waals surface area contributed by atoms with Gasteiger partial charge in [-0.05, 0) is 0 Å². The van der Waals surface area contributed by atoms with Crippen LogP contribution >= 0.6 is 11.6 Å². The van der Waals surface area contributed by atoms with Crippen molar-refractivity contribution >= 4 is 43.0 Å². The number of allylic oxidation sites excluding steroid dienone is 2. The molecule has 0 saturated heterocycles. The van der Waals surface area contributed by atoms with Crippen LogP contribution in [0.15, 0.2) is 35.9 Å². The number of esters is 2. The van der Waals surface area contributed by atoms with Crippen LogP contribution in [0.1, 0.15) is 26.7 Å². The van der Waals surface area contributed by atoms with Gasteiger partial charge in [0.25, 0.3) is 0 Å². The van der Waals surface area contributed by atoms with E-state index in [1.165, 1.54) is 7.11 Å². The van der Waals surface area contributed by atoms with E-state index in [0.29, 0.717) is 24.5 Å². The van der Waals surface area contributed by atoms with Crippen molar-refractivity contribution in [2.75, 3.05) is 13.7 Å². The molecule has 0 N–H and O–H groups in total. The molecule has 0 saturated carbocycles. The predicted octanol–water partition coefficient (Wildman–Crippen LogP) is 2.92. The van der Waals surface area contributed by atoms with Crippen LogP contribution in [0.3, 0.4) is 0 Å². The van der Waals surface area contributed by atoms with Crippen molar-refractivity contribution < 1.29 is 19.1 Å². The van der Waals surface area contributed by atoms with Crippen molar-refractivity contribution in [3.63, 3.8) is 0 Å². The topological polar surface area (TPSA) is 52.6 Å². The first-order valence-corrected chi connectivity index (χ1v) is 9.87. The zero-order valence-electron chi connectivity index (χ0n) is 14.0. The van der Waals surface area contributed by atoms with Gasteiger partial charge < -0.3 is 0 Å². The van der Waals surface area contributed by atoms with Gasteiger partial charge in [-0.2, -0.15) is 0 Å². The normalized spacial score (nSPS) is 23.3. The molecule has 0 radical (unpaired) electrons. The van der Waals surface area contributed by atoms with E-state index in [-0.39, 0.29) is 26.9 Å². The van der Waals surface area contributed by atoms with Crippen molar-refractivity contribution in [3.8, 4) is 0 Å². The summed E-state index contributed by atoms with van der Waals surface area (Å²) in [7, 11) is 1.37. The first-order chi connectivity index (χ1) is 11.4. The molecule has 6 heteroatoms. The van der Waals surface area contributed by atoms with Gasteiger partial charge in [-0.1, -0.05) is 0 Å². The summed E-state index contributed by atoms with van der Waals surface area (Å²) >= 11 is 5.66. The molecule has 2 rings (SSSR count). The van der Waals surface area contributed by atoms with E-state index >= 15 is 0 Å². The number of rotatable bonds is 5. The molecule has 1 aliphatic rings. The van der Waals surface area contributed by atoms with Gasteiger partial charge in [-0.15, -0.1) is 0 Å². The van der Waals surface area contributed by atoms with Gasteiger partial charge in [0.05, 0.1) is 0 Å². The Labute approximate surface area is 153 Å². The summed E-state index contributed by atoms with van der Waals surface area (Å²) in [6, 6.07) is 7.41. The Balaban J connectivity index is 2.45. The fourth-order valence-electron chi connectivity index (χ4n) is 2.90. The minimum atomic E-state index is -0.888. The third kappa shape index (κ3) is 4.02. The summed E-state index contributed by atoms with van der Waals surface area (Å²) in [5.74, 6) is -1.20. The van der Waals surface area contributed by atoms with Crippen LogP contribution in [0.25, 0.3) is 0 Å². The second kappa shape index (κ2) is 8.19. The van der Waals surface area contributed by atoms with Crippen molar-refractivity contribution in [1.29, 1.82) is 0 Å². The number of carbonyl (C=O) groups is 2. The summed E-state index contributed by atoms with van der Waals surface area (Å²) in [4.78, 5) is 25.3. The van der Waals surface area contributed by atoms with E-state index < -0.39 is 10.2 Å². The van der Waals surface area contributed by atoms with Gasteiger partial charge in [0.1, 0.15) is 0 Å². The third-order valence-electron chi connectivity index (χ3n) is 4.02. The number of methoxy groups -OCH3 is 1. The molecule has 0 amide bonds. The minimum absolute atomic E-state index is 0.294. The maximum absolute atomic E-state index is 12.8. The van der Waals surface area contributed by atoms with Crippen molar-refractivity contribution in [1.82, 2.24) is 0 Å². The molecule has 0 aromatic heterocycles. The molecule has 2 atom stereocenters. The van der Waals surface area contributed by atoms with Crippen LogP contribution < -0.4 is 4.46 Å². The second-order valence-corrected chi connectivity index (χ2v) is 9.09. The molecule has 1 aliphatic carbocycles. The fourth-order valence-corrected chi connectivity index (χ4v) is 6.16. The molecular weight excluding hydrogens is 395 g/mol. The van der Waals surface area contributed by atoms with Crippen LogP contribution in [-0.2, 0) is 19.1 Å². The average molecular weight is 416 g/mol. The Kier molecular flexibility index (Phi) is 6.50. The number of halogens is 1. The molecule has 24 heavy (non-hydrogen) atoms. The summed E-state index contributed by atoms with van der Waals surface area (Å²) in [5, 5.41) is 0.642. The standard InChI is InChI=1S/C18H21ClO4Se/c1-4-23-16(20)15-10-5-12(2)11-18(15,17(21)22-3)24-14-8-6-13(19)7-9-14/h5-9,15H,4,10-11H2,1-3H3/t15-,18-/m1/s1. The number of hydrogen-bond acceptors (Lipinski definition) is 4.